The van der Waals surface area contributed by atoms with Crippen LogP contribution in [0.4, 0.5) is 0 Å². The van der Waals surface area contributed by atoms with Gasteiger partial charge in [0.05, 0.1) is 0 Å². The van der Waals surface area contributed by atoms with Crippen molar-refractivity contribution in [2.75, 3.05) is 0 Å². The molecule has 0 aliphatic rings. The number of rotatable bonds is 2. The van der Waals surface area contributed by atoms with Gasteiger partial charge in [0.2, 0.25) is 0 Å². The van der Waals surface area contributed by atoms with Crippen LogP contribution in [0.5, 0.6) is 0 Å². The molecule has 0 unspecified atom stereocenters. The minimum absolute atomic E-state index is 0.163. The predicted molar refractivity (Wildman–Crippen MR) is 79.0 cm³/mol. The fraction of sp³-hybridized carbons (Fsp3) is 0.500. The summed E-state index contributed by atoms with van der Waals surface area (Å²) in [6, 6.07) is 6.77. The van der Waals surface area contributed by atoms with E-state index in [-0.39, 0.29) is 5.54 Å². The first-order valence-corrected chi connectivity index (χ1v) is 6.59. The van der Waals surface area contributed by atoms with E-state index < -0.39 is 0 Å². The predicted octanol–water partition coefficient (Wildman–Crippen LogP) is 3.68. The Morgan fingerprint density at radius 2 is 1.83 bits per heavy atom. The summed E-state index contributed by atoms with van der Waals surface area (Å²) in [6.07, 6.45) is 0. The van der Waals surface area contributed by atoms with Crippen LogP contribution in [0.25, 0.3) is 10.9 Å². The monoisotopic (exact) mass is 244 g/mol. The van der Waals surface area contributed by atoms with Gasteiger partial charge >= 0.3 is 0 Å². The molecular formula is C16H24N2. The van der Waals surface area contributed by atoms with Gasteiger partial charge in [-0.15, -0.1) is 0 Å². The molecule has 0 amide bonds. The lowest BCUT2D eigenvalue weighted by atomic mass is 10.1. The summed E-state index contributed by atoms with van der Waals surface area (Å²) < 4.78 is 2.27. The van der Waals surface area contributed by atoms with Crippen molar-refractivity contribution < 1.29 is 0 Å². The second-order valence-corrected chi connectivity index (χ2v) is 6.22. The van der Waals surface area contributed by atoms with E-state index in [0.29, 0.717) is 0 Å². The van der Waals surface area contributed by atoms with Crippen LogP contribution in [0.2, 0.25) is 0 Å². The minimum Gasteiger partial charge on any atom is -0.348 e. The van der Waals surface area contributed by atoms with Gasteiger partial charge in [0.15, 0.2) is 0 Å². The standard InChI is InChI=1S/C16H24N2/c1-11-12(2)18(6)15-8-7-13(9-14(11)15)10-17-16(3,4)5/h7-9,17H,10H2,1-6H3. The molecule has 2 nitrogen and oxygen atoms in total. The Morgan fingerprint density at radius 3 is 2.44 bits per heavy atom. The third kappa shape index (κ3) is 2.44. The molecule has 0 aliphatic heterocycles. The number of fused-ring (bicyclic) bond motifs is 1. The SMILES string of the molecule is Cc1c(C)n(C)c2ccc(CNC(C)(C)C)cc12. The zero-order chi connectivity index (χ0) is 13.5. The van der Waals surface area contributed by atoms with Crippen LogP contribution >= 0.6 is 0 Å². The molecule has 1 aromatic carbocycles. The van der Waals surface area contributed by atoms with Gasteiger partial charge in [-0.3, -0.25) is 0 Å². The quantitative estimate of drug-likeness (QED) is 0.852. The van der Waals surface area contributed by atoms with Crippen LogP contribution in [0.1, 0.15) is 37.6 Å². The number of nitrogens with zero attached hydrogens (tertiary/aromatic N) is 1. The zero-order valence-electron chi connectivity index (χ0n) is 12.4. The summed E-state index contributed by atoms with van der Waals surface area (Å²) in [5.41, 5.74) is 5.59. The van der Waals surface area contributed by atoms with Crippen molar-refractivity contribution in [3.63, 3.8) is 0 Å². The lowest BCUT2D eigenvalue weighted by Gasteiger charge is -2.20. The molecule has 1 aromatic heterocycles. The molecule has 0 radical (unpaired) electrons. The second-order valence-electron chi connectivity index (χ2n) is 6.22. The van der Waals surface area contributed by atoms with Crippen molar-refractivity contribution >= 4 is 10.9 Å². The third-order valence-corrected chi connectivity index (χ3v) is 3.69. The smallest absolute Gasteiger partial charge is 0.0482 e. The van der Waals surface area contributed by atoms with E-state index in [1.54, 1.807) is 0 Å². The second kappa shape index (κ2) is 4.43. The highest BCUT2D eigenvalue weighted by Gasteiger charge is 2.11. The van der Waals surface area contributed by atoms with Crippen molar-refractivity contribution in [2.24, 2.45) is 7.05 Å². The molecule has 1 N–H and O–H groups in total. The topological polar surface area (TPSA) is 17.0 Å². The average Bonchev–Trinajstić information content (AvgIpc) is 2.51. The van der Waals surface area contributed by atoms with E-state index in [1.165, 1.54) is 27.7 Å². The average molecular weight is 244 g/mol. The number of aromatic nitrogens is 1. The maximum Gasteiger partial charge on any atom is 0.0482 e. The summed E-state index contributed by atoms with van der Waals surface area (Å²) in [7, 11) is 2.14. The Balaban J connectivity index is 2.36. The Hall–Kier alpha value is -1.28. The molecule has 2 aromatic rings. The number of benzene rings is 1. The molecule has 0 atom stereocenters. The molecule has 1 heterocycles. The highest BCUT2D eigenvalue weighted by Crippen LogP contribution is 2.25. The maximum absolute atomic E-state index is 3.54. The number of nitrogens with one attached hydrogen (secondary N) is 1. The first kappa shape index (κ1) is 13.2. The Morgan fingerprint density at radius 1 is 1.17 bits per heavy atom. The Bertz CT molecular complexity index is 571. The van der Waals surface area contributed by atoms with Gasteiger partial charge in [-0.25, -0.2) is 0 Å². The Kier molecular flexibility index (Phi) is 3.24. The van der Waals surface area contributed by atoms with Gasteiger partial charge in [0.25, 0.3) is 0 Å². The normalized spacial score (nSPS) is 12.3. The lowest BCUT2D eigenvalue weighted by Crippen LogP contribution is -2.35. The molecule has 0 bridgehead atoms. The first-order valence-electron chi connectivity index (χ1n) is 6.59. The molecule has 2 rings (SSSR count). The van der Waals surface area contributed by atoms with Gasteiger partial charge < -0.3 is 9.88 Å². The number of hydrogen-bond donors (Lipinski definition) is 1. The summed E-state index contributed by atoms with van der Waals surface area (Å²) in [5.74, 6) is 0. The van der Waals surface area contributed by atoms with Crippen LogP contribution in [0.3, 0.4) is 0 Å². The third-order valence-electron chi connectivity index (χ3n) is 3.69. The van der Waals surface area contributed by atoms with Crippen molar-refractivity contribution in [2.45, 2.75) is 46.7 Å². The van der Waals surface area contributed by atoms with Gasteiger partial charge in [-0.05, 0) is 57.9 Å². The fourth-order valence-electron chi connectivity index (χ4n) is 2.28. The highest BCUT2D eigenvalue weighted by molar-refractivity contribution is 5.85. The molecular weight excluding hydrogens is 220 g/mol. The van der Waals surface area contributed by atoms with Crippen molar-refractivity contribution in [3.05, 3.63) is 35.0 Å². The van der Waals surface area contributed by atoms with Gasteiger partial charge in [-0.1, -0.05) is 6.07 Å². The fourth-order valence-corrected chi connectivity index (χ4v) is 2.28. The van der Waals surface area contributed by atoms with E-state index in [2.05, 4.69) is 69.7 Å². The highest BCUT2D eigenvalue weighted by atomic mass is 15.0. The molecule has 0 fully saturated rings. The van der Waals surface area contributed by atoms with Crippen LogP contribution in [-0.4, -0.2) is 10.1 Å². The van der Waals surface area contributed by atoms with E-state index in [0.717, 1.165) is 6.54 Å². The van der Waals surface area contributed by atoms with Crippen molar-refractivity contribution in [1.29, 1.82) is 0 Å². The van der Waals surface area contributed by atoms with E-state index in [9.17, 15) is 0 Å². The van der Waals surface area contributed by atoms with E-state index in [1.807, 2.05) is 0 Å². The Labute approximate surface area is 110 Å². The number of hydrogen-bond acceptors (Lipinski definition) is 1. The molecule has 0 saturated heterocycles. The van der Waals surface area contributed by atoms with Gasteiger partial charge in [-0.2, -0.15) is 0 Å². The van der Waals surface area contributed by atoms with Crippen molar-refractivity contribution in [1.82, 2.24) is 9.88 Å². The van der Waals surface area contributed by atoms with Crippen LogP contribution in [0.15, 0.2) is 18.2 Å². The molecule has 2 heteroatoms. The molecule has 0 aliphatic carbocycles. The van der Waals surface area contributed by atoms with Crippen molar-refractivity contribution in [3.8, 4) is 0 Å². The van der Waals surface area contributed by atoms with E-state index in [4.69, 9.17) is 0 Å². The maximum atomic E-state index is 3.54. The summed E-state index contributed by atoms with van der Waals surface area (Å²) >= 11 is 0. The number of aryl methyl sites for hydroxylation is 2. The molecule has 0 saturated carbocycles. The largest absolute Gasteiger partial charge is 0.348 e. The van der Waals surface area contributed by atoms with Gasteiger partial charge in [0, 0.05) is 35.7 Å². The summed E-state index contributed by atoms with van der Waals surface area (Å²) in [4.78, 5) is 0. The lowest BCUT2D eigenvalue weighted by molar-refractivity contribution is 0.424. The summed E-state index contributed by atoms with van der Waals surface area (Å²) in [5, 5.41) is 4.91. The summed E-state index contributed by atoms with van der Waals surface area (Å²) in [6.45, 7) is 11.9. The first-order chi connectivity index (χ1) is 8.29. The van der Waals surface area contributed by atoms with Crippen LogP contribution < -0.4 is 5.32 Å². The zero-order valence-corrected chi connectivity index (χ0v) is 12.4. The molecule has 0 spiro atoms. The molecule has 98 valence electrons. The van der Waals surface area contributed by atoms with E-state index >= 15 is 0 Å². The molecule has 18 heavy (non-hydrogen) atoms. The van der Waals surface area contributed by atoms with Crippen LogP contribution in [0, 0.1) is 13.8 Å². The minimum atomic E-state index is 0.163. The van der Waals surface area contributed by atoms with Crippen LogP contribution in [-0.2, 0) is 13.6 Å². The van der Waals surface area contributed by atoms with Gasteiger partial charge in [0.1, 0.15) is 0 Å².